The number of aromatic nitrogens is 3. The normalized spacial score (nSPS) is 16.6. The molecular formula is C36H39FN4O7. The van der Waals surface area contributed by atoms with Gasteiger partial charge >= 0.3 is 11.9 Å². The van der Waals surface area contributed by atoms with E-state index in [2.05, 4.69) is 10.1 Å². The highest BCUT2D eigenvalue weighted by molar-refractivity contribution is 6.03. The fourth-order valence-corrected chi connectivity index (χ4v) is 6.29. The highest BCUT2D eigenvalue weighted by atomic mass is 19.1. The number of aliphatic hydroxyl groups is 1. The molecule has 1 aromatic heterocycles. The van der Waals surface area contributed by atoms with E-state index in [9.17, 15) is 29.0 Å². The number of phenolic OH excluding ortho intramolecular Hbond substituents is 1. The predicted molar refractivity (Wildman–Crippen MR) is 174 cm³/mol. The molecule has 4 aromatic rings. The number of carboxylic acid groups (broad SMARTS) is 2. The standard InChI is InChI=1S/C36H39FN4O7/c37-26-12-10-25(11-13-26)31(42)18-17-29-33(28-16-9-24(20-32(28)43)5-3-6-30(35(45)46)36(47)48)41(34(29)44)27-14-7-23(8-15-27)4-1-2-19-40-22-38-21-39-40/h7-16,20-22,29-31,33,42-43H,1-6,17-19H2,(H,45,46)(H,47,48)/t29-,31?,33-/m1/s1. The van der Waals surface area contributed by atoms with Crippen LogP contribution in [-0.4, -0.2) is 53.0 Å². The maximum Gasteiger partial charge on any atom is 0.317 e. The van der Waals surface area contributed by atoms with Crippen LogP contribution in [0, 0.1) is 17.7 Å². The molecule has 0 saturated carbocycles. The molecule has 252 valence electrons. The molecular weight excluding hydrogens is 619 g/mol. The first kappa shape index (κ1) is 34.2. The quantitative estimate of drug-likeness (QED) is 0.0654. The van der Waals surface area contributed by atoms with Crippen LogP contribution in [0.5, 0.6) is 5.75 Å². The molecule has 5 rings (SSSR count). The van der Waals surface area contributed by atoms with Gasteiger partial charge in [0.1, 0.15) is 24.2 Å². The SMILES string of the molecule is O=C(O)C(CCCc1ccc([C@@H]2[C@@H](CCC(O)c3ccc(F)cc3)C(=O)N2c2ccc(CCCCn3cncn3)cc2)c(O)c1)C(=O)O. The van der Waals surface area contributed by atoms with Crippen molar-refractivity contribution in [1.82, 2.24) is 14.8 Å². The fraction of sp³-hybridized carbons (Fsp3) is 0.361. The predicted octanol–water partition coefficient (Wildman–Crippen LogP) is 5.47. The molecule has 0 bridgehead atoms. The molecule has 1 unspecified atom stereocenters. The number of aromatic hydroxyl groups is 1. The van der Waals surface area contributed by atoms with E-state index >= 15 is 0 Å². The number of hydrogen-bond acceptors (Lipinski definition) is 7. The second-order valence-corrected chi connectivity index (χ2v) is 12.2. The van der Waals surface area contributed by atoms with E-state index in [1.165, 1.54) is 30.6 Å². The number of β-lactam (4-membered cyclic amide) rings is 1. The molecule has 11 nitrogen and oxygen atoms in total. The van der Waals surface area contributed by atoms with Gasteiger partial charge in [0.15, 0.2) is 5.92 Å². The molecule has 48 heavy (non-hydrogen) atoms. The number of rotatable bonds is 17. The molecule has 1 aliphatic rings. The van der Waals surface area contributed by atoms with Crippen molar-refractivity contribution in [1.29, 1.82) is 0 Å². The number of benzene rings is 3. The Balaban J connectivity index is 1.29. The van der Waals surface area contributed by atoms with E-state index in [0.29, 0.717) is 41.6 Å². The topological polar surface area (TPSA) is 166 Å². The molecule has 1 saturated heterocycles. The van der Waals surface area contributed by atoms with Crippen molar-refractivity contribution in [2.24, 2.45) is 11.8 Å². The second-order valence-electron chi connectivity index (χ2n) is 12.2. The van der Waals surface area contributed by atoms with Crippen molar-refractivity contribution >= 4 is 23.5 Å². The van der Waals surface area contributed by atoms with Crippen LogP contribution in [0.15, 0.2) is 79.4 Å². The van der Waals surface area contributed by atoms with Crippen LogP contribution in [0.1, 0.15) is 72.9 Å². The molecule has 4 N–H and O–H groups in total. The van der Waals surface area contributed by atoms with Crippen molar-refractivity contribution in [3.63, 3.8) is 0 Å². The first-order valence-electron chi connectivity index (χ1n) is 16.1. The number of aryl methyl sites for hydroxylation is 3. The van der Waals surface area contributed by atoms with E-state index in [1.807, 2.05) is 24.3 Å². The van der Waals surface area contributed by atoms with Gasteiger partial charge < -0.3 is 25.3 Å². The largest absolute Gasteiger partial charge is 0.508 e. The summed E-state index contributed by atoms with van der Waals surface area (Å²) in [6.45, 7) is 0.784. The molecule has 3 aromatic carbocycles. The molecule has 1 aliphatic heterocycles. The van der Waals surface area contributed by atoms with E-state index < -0.39 is 41.7 Å². The molecule has 0 radical (unpaired) electrons. The van der Waals surface area contributed by atoms with Crippen molar-refractivity contribution in [2.45, 2.75) is 70.1 Å². The Labute approximate surface area is 277 Å². The summed E-state index contributed by atoms with van der Waals surface area (Å²) in [6, 6.07) is 18.0. The minimum atomic E-state index is -1.50. The number of anilines is 1. The molecule has 0 spiro atoms. The first-order chi connectivity index (χ1) is 23.1. The molecule has 0 aliphatic carbocycles. The van der Waals surface area contributed by atoms with E-state index in [-0.39, 0.29) is 24.5 Å². The zero-order valence-corrected chi connectivity index (χ0v) is 26.4. The van der Waals surface area contributed by atoms with Crippen molar-refractivity contribution in [2.75, 3.05) is 4.90 Å². The minimum absolute atomic E-state index is 0.0314. The van der Waals surface area contributed by atoms with Crippen molar-refractivity contribution < 1.29 is 39.2 Å². The average Bonchev–Trinajstić information content (AvgIpc) is 3.58. The Bertz CT molecular complexity index is 1680. The summed E-state index contributed by atoms with van der Waals surface area (Å²) < 4.78 is 15.2. The average molecular weight is 659 g/mol. The minimum Gasteiger partial charge on any atom is -0.508 e. The van der Waals surface area contributed by atoms with Crippen LogP contribution >= 0.6 is 0 Å². The van der Waals surface area contributed by atoms with E-state index in [4.69, 9.17) is 10.2 Å². The molecule has 1 amide bonds. The maximum atomic E-state index is 13.6. The Morgan fingerprint density at radius 3 is 2.21 bits per heavy atom. The smallest absolute Gasteiger partial charge is 0.317 e. The number of amides is 1. The van der Waals surface area contributed by atoms with Crippen molar-refractivity contribution in [3.05, 3.63) is 107 Å². The number of halogens is 1. The third-order valence-corrected chi connectivity index (χ3v) is 8.97. The Hall–Kier alpha value is -5.10. The number of unbranched alkanes of at least 4 members (excludes halogenated alkanes) is 1. The molecule has 12 heteroatoms. The van der Waals surface area contributed by atoms with Gasteiger partial charge in [-0.15, -0.1) is 0 Å². The number of aliphatic hydroxyl groups excluding tert-OH is 1. The summed E-state index contributed by atoms with van der Waals surface area (Å²) in [7, 11) is 0. The zero-order valence-electron chi connectivity index (χ0n) is 26.4. The van der Waals surface area contributed by atoms with Crippen LogP contribution in [0.25, 0.3) is 0 Å². The summed E-state index contributed by atoms with van der Waals surface area (Å²) in [4.78, 5) is 41.7. The summed E-state index contributed by atoms with van der Waals surface area (Å²) in [5.74, 6) is -5.37. The summed E-state index contributed by atoms with van der Waals surface area (Å²) in [5, 5.41) is 44.4. The number of nitrogens with zero attached hydrogens (tertiary/aromatic N) is 4. The highest BCUT2D eigenvalue weighted by Gasteiger charge is 2.49. The monoisotopic (exact) mass is 658 g/mol. The Kier molecular flexibility index (Phi) is 11.2. The third-order valence-electron chi connectivity index (χ3n) is 8.97. The lowest BCUT2D eigenvalue weighted by molar-refractivity contribution is -0.154. The number of aliphatic carboxylic acids is 2. The molecule has 2 heterocycles. The van der Waals surface area contributed by atoms with Gasteiger partial charge in [0, 0.05) is 17.8 Å². The molecule has 3 atom stereocenters. The van der Waals surface area contributed by atoms with Gasteiger partial charge in [0.05, 0.1) is 18.1 Å². The Morgan fingerprint density at radius 2 is 1.56 bits per heavy atom. The van der Waals surface area contributed by atoms with E-state index in [1.54, 1.807) is 34.1 Å². The van der Waals surface area contributed by atoms with Crippen LogP contribution < -0.4 is 4.90 Å². The highest BCUT2D eigenvalue weighted by Crippen LogP contribution is 2.48. The van der Waals surface area contributed by atoms with Gasteiger partial charge in [0.25, 0.3) is 0 Å². The lowest BCUT2D eigenvalue weighted by Crippen LogP contribution is -2.55. The fourth-order valence-electron chi connectivity index (χ4n) is 6.29. The second kappa shape index (κ2) is 15.7. The maximum absolute atomic E-state index is 13.6. The zero-order chi connectivity index (χ0) is 34.2. The lowest BCUT2D eigenvalue weighted by atomic mass is 9.77. The number of hydrogen-bond donors (Lipinski definition) is 4. The number of carboxylic acids is 2. The number of carbonyl (C=O) groups is 3. The van der Waals surface area contributed by atoms with Gasteiger partial charge in [-0.2, -0.15) is 5.10 Å². The van der Waals surface area contributed by atoms with Gasteiger partial charge in [-0.05, 0) is 98.4 Å². The summed E-state index contributed by atoms with van der Waals surface area (Å²) >= 11 is 0. The van der Waals surface area contributed by atoms with Crippen LogP contribution in [0.2, 0.25) is 0 Å². The van der Waals surface area contributed by atoms with Crippen molar-refractivity contribution in [3.8, 4) is 5.75 Å². The summed E-state index contributed by atoms with van der Waals surface area (Å²) in [5.41, 5.74) is 3.60. The van der Waals surface area contributed by atoms with E-state index in [0.717, 1.165) is 31.4 Å². The summed E-state index contributed by atoms with van der Waals surface area (Å²) in [6.07, 6.45) is 6.27. The van der Waals surface area contributed by atoms with Gasteiger partial charge in [-0.25, -0.2) is 9.37 Å². The number of phenols is 1. The third kappa shape index (κ3) is 8.24. The van der Waals surface area contributed by atoms with Gasteiger partial charge in [-0.3, -0.25) is 19.1 Å². The van der Waals surface area contributed by atoms with Crippen LogP contribution in [-0.2, 0) is 33.8 Å². The van der Waals surface area contributed by atoms with Gasteiger partial charge in [-0.1, -0.05) is 36.4 Å². The van der Waals surface area contributed by atoms with Crippen LogP contribution in [0.4, 0.5) is 10.1 Å². The molecule has 1 fully saturated rings. The lowest BCUT2D eigenvalue weighted by Gasteiger charge is -2.48. The first-order valence-corrected chi connectivity index (χ1v) is 16.1. The van der Waals surface area contributed by atoms with Gasteiger partial charge in [0.2, 0.25) is 5.91 Å². The number of carbonyl (C=O) groups excluding carboxylic acids is 1. The Morgan fingerprint density at radius 1 is 0.875 bits per heavy atom. The van der Waals surface area contributed by atoms with Crippen LogP contribution in [0.3, 0.4) is 0 Å².